The summed E-state index contributed by atoms with van der Waals surface area (Å²) in [5, 5.41) is 0. The van der Waals surface area contributed by atoms with Crippen LogP contribution in [0.1, 0.15) is 6.42 Å². The van der Waals surface area contributed by atoms with Gasteiger partial charge in [0, 0.05) is 51.1 Å². The van der Waals surface area contributed by atoms with Crippen molar-refractivity contribution in [2.24, 2.45) is 5.92 Å². The number of rotatable bonds is 4. The third-order valence-corrected chi connectivity index (χ3v) is 3.97. The van der Waals surface area contributed by atoms with Crippen molar-refractivity contribution >= 4 is 11.7 Å². The van der Waals surface area contributed by atoms with Crippen LogP contribution >= 0.6 is 0 Å². The van der Waals surface area contributed by atoms with E-state index in [1.807, 2.05) is 6.07 Å². The van der Waals surface area contributed by atoms with Crippen LogP contribution in [-0.4, -0.2) is 66.6 Å². The van der Waals surface area contributed by atoms with Crippen LogP contribution in [0, 0.1) is 5.92 Å². The van der Waals surface area contributed by atoms with Crippen LogP contribution in [0.25, 0.3) is 0 Å². The Morgan fingerprint density at radius 1 is 1.25 bits per heavy atom. The predicted molar refractivity (Wildman–Crippen MR) is 74.6 cm³/mol. The van der Waals surface area contributed by atoms with Gasteiger partial charge >= 0.3 is 0 Å². The second-order valence-electron chi connectivity index (χ2n) is 5.34. The zero-order valence-corrected chi connectivity index (χ0v) is 11.6. The minimum atomic E-state index is 0.116. The van der Waals surface area contributed by atoms with Crippen LogP contribution in [0.3, 0.4) is 0 Å². The minimum Gasteiger partial charge on any atom is -0.381 e. The highest BCUT2D eigenvalue weighted by atomic mass is 16.5. The van der Waals surface area contributed by atoms with E-state index in [1.165, 1.54) is 0 Å². The molecule has 0 aliphatic carbocycles. The molecule has 6 heteroatoms. The van der Waals surface area contributed by atoms with Gasteiger partial charge in [-0.1, -0.05) is 0 Å². The summed E-state index contributed by atoms with van der Waals surface area (Å²) < 4.78 is 5.28. The van der Waals surface area contributed by atoms with Gasteiger partial charge in [0.15, 0.2) is 5.78 Å². The molecule has 2 saturated heterocycles. The molecule has 1 unspecified atom stereocenters. The first-order chi connectivity index (χ1) is 9.83. The largest absolute Gasteiger partial charge is 0.381 e. The number of ether oxygens (including phenoxy) is 1. The normalized spacial score (nSPS) is 24.0. The maximum Gasteiger partial charge on any atom is 0.225 e. The van der Waals surface area contributed by atoms with Gasteiger partial charge < -0.3 is 9.64 Å². The summed E-state index contributed by atoms with van der Waals surface area (Å²) >= 11 is 0. The van der Waals surface area contributed by atoms with Crippen LogP contribution in [0.2, 0.25) is 0 Å². The zero-order valence-electron chi connectivity index (χ0n) is 11.6. The Hall–Kier alpha value is -1.53. The summed E-state index contributed by atoms with van der Waals surface area (Å²) in [6, 6.07) is 1.82. The van der Waals surface area contributed by atoms with Gasteiger partial charge in [-0.3, -0.25) is 9.69 Å². The fourth-order valence-corrected chi connectivity index (χ4v) is 2.70. The Morgan fingerprint density at radius 3 is 2.65 bits per heavy atom. The number of carbonyl (C=O) groups excluding carboxylic acids is 1. The van der Waals surface area contributed by atoms with Crippen molar-refractivity contribution in [3.63, 3.8) is 0 Å². The van der Waals surface area contributed by atoms with Crippen LogP contribution in [0.4, 0.5) is 5.95 Å². The number of aromatic nitrogens is 2. The molecule has 1 aromatic rings. The quantitative estimate of drug-likeness (QED) is 0.783. The molecule has 2 aliphatic rings. The van der Waals surface area contributed by atoms with Crippen molar-refractivity contribution in [1.82, 2.24) is 14.9 Å². The van der Waals surface area contributed by atoms with Gasteiger partial charge in [-0.15, -0.1) is 0 Å². The molecule has 108 valence electrons. The average Bonchev–Trinajstić information content (AvgIpc) is 3.03. The van der Waals surface area contributed by atoms with Gasteiger partial charge in [0.1, 0.15) is 0 Å². The molecule has 3 rings (SSSR count). The summed E-state index contributed by atoms with van der Waals surface area (Å²) in [7, 11) is 0. The predicted octanol–water partition coefficient (Wildman–Crippen LogP) is 0.204. The van der Waals surface area contributed by atoms with Gasteiger partial charge in [-0.2, -0.15) is 0 Å². The third-order valence-electron chi connectivity index (χ3n) is 3.97. The summed E-state index contributed by atoms with van der Waals surface area (Å²) in [5.74, 6) is 1.22. The first-order valence-corrected chi connectivity index (χ1v) is 7.18. The highest BCUT2D eigenvalue weighted by molar-refractivity contribution is 5.83. The van der Waals surface area contributed by atoms with Gasteiger partial charge in [0.05, 0.1) is 13.2 Å². The van der Waals surface area contributed by atoms with Crippen LogP contribution in [0.5, 0.6) is 0 Å². The van der Waals surface area contributed by atoms with Crippen molar-refractivity contribution in [3.05, 3.63) is 18.5 Å². The molecule has 0 aromatic carbocycles. The van der Waals surface area contributed by atoms with E-state index < -0.39 is 0 Å². The zero-order chi connectivity index (χ0) is 13.8. The Labute approximate surface area is 118 Å². The van der Waals surface area contributed by atoms with Gasteiger partial charge in [-0.25, -0.2) is 9.97 Å². The number of hydrogen-bond donors (Lipinski definition) is 0. The lowest BCUT2D eigenvalue weighted by atomic mass is 10.0. The van der Waals surface area contributed by atoms with Crippen molar-refractivity contribution in [1.29, 1.82) is 0 Å². The monoisotopic (exact) mass is 276 g/mol. The van der Waals surface area contributed by atoms with E-state index in [4.69, 9.17) is 4.74 Å². The highest BCUT2D eigenvalue weighted by Gasteiger charge is 2.26. The van der Waals surface area contributed by atoms with E-state index >= 15 is 0 Å². The smallest absolute Gasteiger partial charge is 0.225 e. The molecule has 2 aliphatic heterocycles. The molecule has 0 saturated carbocycles. The standard InChI is InChI=1S/C14H20N4O2/c19-13(12-2-9-20-11-12)10-17-5-7-18(8-6-17)14-15-3-1-4-16-14/h1,3-4,12H,2,5-11H2. The number of hydrogen-bond acceptors (Lipinski definition) is 6. The number of nitrogens with zero attached hydrogens (tertiary/aromatic N) is 4. The lowest BCUT2D eigenvalue weighted by Crippen LogP contribution is -2.49. The SMILES string of the molecule is O=C(CN1CCN(c2ncccn2)CC1)C1CCOC1. The van der Waals surface area contributed by atoms with E-state index in [0.717, 1.165) is 45.2 Å². The molecule has 1 aromatic heterocycles. The van der Waals surface area contributed by atoms with E-state index in [0.29, 0.717) is 18.9 Å². The molecule has 0 spiro atoms. The third kappa shape index (κ3) is 3.13. The Morgan fingerprint density at radius 2 is 2.00 bits per heavy atom. The summed E-state index contributed by atoms with van der Waals surface area (Å²) in [4.78, 5) is 25.0. The van der Waals surface area contributed by atoms with Gasteiger partial charge in [-0.05, 0) is 12.5 Å². The number of piperazine rings is 1. The van der Waals surface area contributed by atoms with E-state index in [9.17, 15) is 4.79 Å². The summed E-state index contributed by atoms with van der Waals surface area (Å²) in [6.07, 6.45) is 4.41. The fourth-order valence-electron chi connectivity index (χ4n) is 2.70. The maximum absolute atomic E-state index is 12.1. The van der Waals surface area contributed by atoms with E-state index in [-0.39, 0.29) is 5.92 Å². The Balaban J connectivity index is 1.47. The molecule has 0 N–H and O–H groups in total. The number of carbonyl (C=O) groups is 1. The first-order valence-electron chi connectivity index (χ1n) is 7.18. The lowest BCUT2D eigenvalue weighted by molar-refractivity contribution is -0.124. The molecule has 0 amide bonds. The number of ketones is 1. The Kier molecular flexibility index (Phi) is 4.22. The van der Waals surface area contributed by atoms with Gasteiger partial charge in [0.2, 0.25) is 5.95 Å². The van der Waals surface area contributed by atoms with Crippen LogP contribution < -0.4 is 4.90 Å². The molecule has 2 fully saturated rings. The average molecular weight is 276 g/mol. The molecule has 1 atom stereocenters. The molecular formula is C14H20N4O2. The van der Waals surface area contributed by atoms with Crippen LogP contribution in [-0.2, 0) is 9.53 Å². The Bertz CT molecular complexity index is 440. The first kappa shape index (κ1) is 13.5. The summed E-state index contributed by atoms with van der Waals surface area (Å²) in [6.45, 7) is 5.41. The van der Waals surface area contributed by atoms with E-state index in [1.54, 1.807) is 12.4 Å². The fraction of sp³-hybridized carbons (Fsp3) is 0.643. The summed E-state index contributed by atoms with van der Waals surface area (Å²) in [5.41, 5.74) is 0. The lowest BCUT2D eigenvalue weighted by Gasteiger charge is -2.34. The van der Waals surface area contributed by atoms with Gasteiger partial charge in [0.25, 0.3) is 0 Å². The van der Waals surface area contributed by atoms with Crippen molar-refractivity contribution < 1.29 is 9.53 Å². The second-order valence-corrected chi connectivity index (χ2v) is 5.34. The van der Waals surface area contributed by atoms with Crippen molar-refractivity contribution in [3.8, 4) is 0 Å². The van der Waals surface area contributed by atoms with Crippen molar-refractivity contribution in [2.45, 2.75) is 6.42 Å². The van der Waals surface area contributed by atoms with Crippen molar-refractivity contribution in [2.75, 3.05) is 50.8 Å². The maximum atomic E-state index is 12.1. The topological polar surface area (TPSA) is 58.6 Å². The number of anilines is 1. The molecule has 20 heavy (non-hydrogen) atoms. The van der Waals surface area contributed by atoms with E-state index in [2.05, 4.69) is 19.8 Å². The molecule has 3 heterocycles. The molecule has 0 radical (unpaired) electrons. The van der Waals surface area contributed by atoms with Crippen LogP contribution in [0.15, 0.2) is 18.5 Å². The highest BCUT2D eigenvalue weighted by Crippen LogP contribution is 2.15. The molecular weight excluding hydrogens is 256 g/mol. The molecule has 0 bridgehead atoms. The number of Topliss-reactive ketones (excluding diaryl/α,β-unsaturated/α-hetero) is 1. The molecule has 6 nitrogen and oxygen atoms in total. The second kappa shape index (κ2) is 6.28. The minimum absolute atomic E-state index is 0.116.